The van der Waals surface area contributed by atoms with Crippen LogP contribution < -0.4 is 0 Å². The number of aliphatic hydroxyl groups excluding tert-OH is 1. The molecular weight excluding hydrogens is 440 g/mol. The largest absolute Gasteiger partial charge is 0.481 e. The van der Waals surface area contributed by atoms with E-state index in [1.807, 2.05) is 25.1 Å². The molecule has 0 aliphatic carbocycles. The predicted octanol–water partition coefficient (Wildman–Crippen LogP) is 5.61. The summed E-state index contributed by atoms with van der Waals surface area (Å²) >= 11 is 0. The molecule has 1 fully saturated rings. The maximum absolute atomic E-state index is 14.0. The van der Waals surface area contributed by atoms with Gasteiger partial charge in [-0.3, -0.25) is 9.59 Å². The van der Waals surface area contributed by atoms with E-state index in [1.54, 1.807) is 12.2 Å². The van der Waals surface area contributed by atoms with Gasteiger partial charge in [0.2, 0.25) is 0 Å². The van der Waals surface area contributed by atoms with Crippen LogP contribution in [0.25, 0.3) is 0 Å². The van der Waals surface area contributed by atoms with E-state index in [2.05, 4.69) is 12.1 Å². The van der Waals surface area contributed by atoms with E-state index < -0.39 is 36.4 Å². The lowest BCUT2D eigenvalue weighted by Crippen LogP contribution is -2.36. The molecule has 5 nitrogen and oxygen atoms in total. The zero-order valence-corrected chi connectivity index (χ0v) is 20.2. The fraction of sp³-hybridized carbons (Fsp3) is 0.630. The summed E-state index contributed by atoms with van der Waals surface area (Å²) in [6, 6.07) is 9.60. The second kappa shape index (κ2) is 14.2. The van der Waals surface area contributed by atoms with Gasteiger partial charge in [0, 0.05) is 19.4 Å². The van der Waals surface area contributed by atoms with Crippen molar-refractivity contribution in [3.63, 3.8) is 0 Å². The first-order valence-electron chi connectivity index (χ1n) is 12.5. The maximum Gasteiger partial charge on any atom is 0.327 e. The van der Waals surface area contributed by atoms with Gasteiger partial charge in [0.1, 0.15) is 0 Å². The van der Waals surface area contributed by atoms with Crippen LogP contribution in [0.5, 0.6) is 0 Å². The molecule has 0 aromatic heterocycles. The Morgan fingerprint density at radius 3 is 2.50 bits per heavy atom. The van der Waals surface area contributed by atoms with Crippen LogP contribution in [0.2, 0.25) is 0 Å². The van der Waals surface area contributed by atoms with Gasteiger partial charge in [-0.15, -0.1) is 0 Å². The van der Waals surface area contributed by atoms with E-state index in [9.17, 15) is 23.5 Å². The molecule has 190 valence electrons. The Labute approximate surface area is 201 Å². The van der Waals surface area contributed by atoms with Crippen molar-refractivity contribution in [1.29, 1.82) is 0 Å². The number of carboxylic acids is 1. The van der Waals surface area contributed by atoms with Crippen molar-refractivity contribution in [2.45, 2.75) is 95.6 Å². The van der Waals surface area contributed by atoms with Crippen LogP contribution in [-0.2, 0) is 16.0 Å². The molecule has 1 amide bonds. The average Bonchev–Trinajstić information content (AvgIpc) is 3.02. The van der Waals surface area contributed by atoms with Gasteiger partial charge < -0.3 is 15.1 Å². The maximum atomic E-state index is 14.0. The molecule has 1 unspecified atom stereocenters. The third-order valence-corrected chi connectivity index (χ3v) is 6.56. The quantitative estimate of drug-likeness (QED) is 0.238. The summed E-state index contributed by atoms with van der Waals surface area (Å²) in [7, 11) is 0. The molecule has 0 radical (unpaired) electrons. The number of rotatable bonds is 16. The van der Waals surface area contributed by atoms with Crippen molar-refractivity contribution in [1.82, 2.24) is 4.90 Å². The molecule has 7 heteroatoms. The smallest absolute Gasteiger partial charge is 0.327 e. The monoisotopic (exact) mass is 479 g/mol. The van der Waals surface area contributed by atoms with Crippen molar-refractivity contribution in [3.05, 3.63) is 48.0 Å². The van der Waals surface area contributed by atoms with E-state index in [1.165, 1.54) is 10.5 Å². The molecule has 1 aliphatic heterocycles. The average molecular weight is 480 g/mol. The Morgan fingerprint density at radius 1 is 1.12 bits per heavy atom. The van der Waals surface area contributed by atoms with E-state index >= 15 is 0 Å². The number of aliphatic hydroxyl groups is 1. The zero-order chi connectivity index (χ0) is 25.0. The van der Waals surface area contributed by atoms with Crippen molar-refractivity contribution >= 4 is 11.9 Å². The molecular formula is C27H39F2NO4. The standard InChI is InChI=1S/C27H39F2NO4/c1-21(12-6-4-7-13-22-14-8-5-9-15-22)24(31)18-17-23-20-27(28,29)26(34)30(23)19-11-3-2-10-16-25(32)33/h5,8-9,14-15,17-18,21,23-24,31H,2-4,6-7,10-13,16,19-20H2,1H3,(H,32,33)/t21-,23?,24+/m0/s1. The second-order valence-corrected chi connectivity index (χ2v) is 9.47. The van der Waals surface area contributed by atoms with E-state index in [-0.39, 0.29) is 18.9 Å². The van der Waals surface area contributed by atoms with E-state index in [0.717, 1.165) is 32.1 Å². The number of carboxylic acid groups (broad SMARTS) is 1. The summed E-state index contributed by atoms with van der Waals surface area (Å²) in [5.74, 6) is -5.38. The number of hydrogen-bond acceptors (Lipinski definition) is 3. The first-order chi connectivity index (χ1) is 16.2. The van der Waals surface area contributed by atoms with Crippen LogP contribution in [-0.4, -0.2) is 51.6 Å². The van der Waals surface area contributed by atoms with Gasteiger partial charge in [-0.2, -0.15) is 8.78 Å². The number of carbonyl (C=O) groups excluding carboxylic acids is 1. The fourth-order valence-electron chi connectivity index (χ4n) is 4.39. The number of likely N-dealkylation sites (tertiary alicyclic amines) is 1. The Bertz CT molecular complexity index is 784. The first-order valence-corrected chi connectivity index (χ1v) is 12.5. The lowest BCUT2D eigenvalue weighted by Gasteiger charge is -2.22. The summed E-state index contributed by atoms with van der Waals surface area (Å²) < 4.78 is 28.1. The molecule has 34 heavy (non-hydrogen) atoms. The Balaban J connectivity index is 1.73. The molecule has 1 aromatic rings. The number of hydrogen-bond donors (Lipinski definition) is 2. The Kier molecular flexibility index (Phi) is 11.7. The van der Waals surface area contributed by atoms with Crippen LogP contribution in [0.3, 0.4) is 0 Å². The van der Waals surface area contributed by atoms with E-state index in [4.69, 9.17) is 5.11 Å². The van der Waals surface area contributed by atoms with Crippen LogP contribution in [0, 0.1) is 5.92 Å². The van der Waals surface area contributed by atoms with Crippen molar-refractivity contribution < 1.29 is 28.6 Å². The molecule has 1 aliphatic rings. The minimum absolute atomic E-state index is 0.00766. The van der Waals surface area contributed by atoms with Crippen LogP contribution >= 0.6 is 0 Å². The van der Waals surface area contributed by atoms with Gasteiger partial charge in [-0.1, -0.05) is 75.1 Å². The first kappa shape index (κ1) is 28.0. The summed E-state index contributed by atoms with van der Waals surface area (Å²) in [4.78, 5) is 23.9. The van der Waals surface area contributed by atoms with Crippen LogP contribution in [0.15, 0.2) is 42.5 Å². The SMILES string of the molecule is C[C@@H](CCCCCc1ccccc1)[C@H](O)C=CC1CC(F)(F)C(=O)N1CCCCCCC(=O)O. The number of amides is 1. The van der Waals surface area contributed by atoms with Crippen LogP contribution in [0.1, 0.15) is 76.7 Å². The van der Waals surface area contributed by atoms with E-state index in [0.29, 0.717) is 25.7 Å². The van der Waals surface area contributed by atoms with Crippen LogP contribution in [0.4, 0.5) is 8.78 Å². The number of benzene rings is 1. The summed E-state index contributed by atoms with van der Waals surface area (Å²) in [6.45, 7) is 2.17. The Hall–Kier alpha value is -2.28. The number of carbonyl (C=O) groups is 2. The molecule has 0 saturated carbocycles. The molecule has 1 heterocycles. The molecule has 0 bridgehead atoms. The number of nitrogens with zero attached hydrogens (tertiary/aromatic N) is 1. The van der Waals surface area contributed by atoms with Gasteiger partial charge in [-0.25, -0.2) is 0 Å². The number of halogens is 2. The van der Waals surface area contributed by atoms with Gasteiger partial charge in [-0.05, 0) is 43.6 Å². The highest BCUT2D eigenvalue weighted by atomic mass is 19.3. The highest BCUT2D eigenvalue weighted by Gasteiger charge is 2.52. The lowest BCUT2D eigenvalue weighted by molar-refractivity contribution is -0.148. The normalized spacial score (nSPS) is 19.6. The lowest BCUT2D eigenvalue weighted by atomic mass is 9.95. The summed E-state index contributed by atoms with van der Waals surface area (Å²) in [6.07, 6.45) is 9.40. The molecule has 3 atom stereocenters. The minimum atomic E-state index is -3.38. The minimum Gasteiger partial charge on any atom is -0.481 e. The topological polar surface area (TPSA) is 77.8 Å². The van der Waals surface area contributed by atoms with Gasteiger partial charge in [0.05, 0.1) is 12.1 Å². The third-order valence-electron chi connectivity index (χ3n) is 6.56. The molecule has 2 N–H and O–H groups in total. The molecule has 0 spiro atoms. The van der Waals surface area contributed by atoms with Gasteiger partial charge in [0.15, 0.2) is 0 Å². The third kappa shape index (κ3) is 9.53. The zero-order valence-electron chi connectivity index (χ0n) is 20.2. The summed E-state index contributed by atoms with van der Waals surface area (Å²) in [5, 5.41) is 19.2. The van der Waals surface area contributed by atoms with Crippen molar-refractivity contribution in [2.24, 2.45) is 5.92 Å². The molecule has 2 rings (SSSR count). The van der Waals surface area contributed by atoms with Gasteiger partial charge >= 0.3 is 11.9 Å². The number of alkyl halides is 2. The van der Waals surface area contributed by atoms with Gasteiger partial charge in [0.25, 0.3) is 5.91 Å². The molecule has 1 saturated heterocycles. The number of aliphatic carboxylic acids is 1. The predicted molar refractivity (Wildman–Crippen MR) is 129 cm³/mol. The highest BCUT2D eigenvalue weighted by molar-refractivity contribution is 5.86. The summed E-state index contributed by atoms with van der Waals surface area (Å²) in [5.41, 5.74) is 1.33. The highest BCUT2D eigenvalue weighted by Crippen LogP contribution is 2.34. The fourth-order valence-corrected chi connectivity index (χ4v) is 4.39. The number of aryl methyl sites for hydroxylation is 1. The van der Waals surface area contributed by atoms with Crippen molar-refractivity contribution in [3.8, 4) is 0 Å². The Morgan fingerprint density at radius 2 is 1.79 bits per heavy atom. The second-order valence-electron chi connectivity index (χ2n) is 9.47. The molecule has 1 aromatic carbocycles. The van der Waals surface area contributed by atoms with Crippen molar-refractivity contribution in [2.75, 3.05) is 6.54 Å². The number of unbranched alkanes of at least 4 members (excludes halogenated alkanes) is 5.